The number of anilines is 1. The van der Waals surface area contributed by atoms with Gasteiger partial charge in [-0.3, -0.25) is 10.1 Å². The largest absolute Gasteiger partial charge is 0.348 e. The molecule has 0 radical (unpaired) electrons. The average Bonchev–Trinajstić information content (AvgIpc) is 2.80. The van der Waals surface area contributed by atoms with Crippen LogP contribution in [0.1, 0.15) is 6.42 Å². The van der Waals surface area contributed by atoms with E-state index in [9.17, 15) is 18.5 Å². The van der Waals surface area contributed by atoms with Crippen LogP contribution in [0.5, 0.6) is 0 Å². The highest BCUT2D eigenvalue weighted by atomic mass is 35.5. The Bertz CT molecular complexity index is 723. The Morgan fingerprint density at radius 2 is 2.23 bits per heavy atom. The normalized spacial score (nSPS) is 19.6. The summed E-state index contributed by atoms with van der Waals surface area (Å²) in [6, 6.07) is 3.78. The number of hydrogen-bond donors (Lipinski definition) is 1. The van der Waals surface area contributed by atoms with Crippen LogP contribution < -0.4 is 5.32 Å². The number of rotatable bonds is 3. The van der Waals surface area contributed by atoms with Gasteiger partial charge in [-0.15, -0.1) is 0 Å². The monoisotopic (exact) mass is 363 g/mol. The number of nitro groups is 1. The SMILES string of the molecule is CN(C(=S)Nc1cc([N+](=O)[O-])ccc1Cl)[C@H]1CCS(=O)(=O)C1. The number of nitro benzene ring substituents is 1. The quantitative estimate of drug-likeness (QED) is 0.499. The Morgan fingerprint density at radius 3 is 2.77 bits per heavy atom. The van der Waals surface area contributed by atoms with Gasteiger partial charge < -0.3 is 10.2 Å². The van der Waals surface area contributed by atoms with Crippen molar-refractivity contribution >= 4 is 50.1 Å². The number of thiocarbonyl (C=S) groups is 1. The summed E-state index contributed by atoms with van der Waals surface area (Å²) in [5, 5.41) is 14.2. The highest BCUT2D eigenvalue weighted by Gasteiger charge is 2.31. The van der Waals surface area contributed by atoms with Crippen molar-refractivity contribution in [1.82, 2.24) is 4.90 Å². The van der Waals surface area contributed by atoms with Gasteiger partial charge in [0.2, 0.25) is 0 Å². The molecule has 0 spiro atoms. The lowest BCUT2D eigenvalue weighted by Crippen LogP contribution is -2.40. The first kappa shape index (κ1) is 16.9. The van der Waals surface area contributed by atoms with Gasteiger partial charge in [-0.2, -0.15) is 0 Å². The van der Waals surface area contributed by atoms with Gasteiger partial charge in [0.15, 0.2) is 14.9 Å². The topological polar surface area (TPSA) is 92.5 Å². The minimum atomic E-state index is -3.02. The lowest BCUT2D eigenvalue weighted by Gasteiger charge is -2.26. The predicted octanol–water partition coefficient (Wildman–Crippen LogP) is 2.06. The number of nitrogens with zero attached hydrogens (tertiary/aromatic N) is 2. The fourth-order valence-electron chi connectivity index (χ4n) is 2.17. The van der Waals surface area contributed by atoms with Gasteiger partial charge in [-0.25, -0.2) is 8.42 Å². The van der Waals surface area contributed by atoms with E-state index in [-0.39, 0.29) is 28.3 Å². The van der Waals surface area contributed by atoms with E-state index >= 15 is 0 Å². The standard InChI is InChI=1S/C12H14ClN3O4S2/c1-15(9-4-5-22(19,20)7-9)12(21)14-11-6-8(16(17)18)2-3-10(11)13/h2-3,6,9H,4-5,7H2,1H3,(H,14,21)/t9-/m0/s1. The van der Waals surface area contributed by atoms with E-state index in [1.807, 2.05) is 0 Å². The molecule has 1 atom stereocenters. The van der Waals surface area contributed by atoms with Crippen LogP contribution in [0.4, 0.5) is 11.4 Å². The molecule has 120 valence electrons. The molecule has 1 aliphatic rings. The fourth-order valence-corrected chi connectivity index (χ4v) is 4.37. The molecule has 1 fully saturated rings. The average molecular weight is 364 g/mol. The molecule has 1 N–H and O–H groups in total. The molecular formula is C12H14ClN3O4S2. The molecule has 0 aromatic heterocycles. The number of nitrogens with one attached hydrogen (secondary N) is 1. The number of benzene rings is 1. The summed E-state index contributed by atoms with van der Waals surface area (Å²) >= 11 is 11.2. The number of halogens is 1. The maximum absolute atomic E-state index is 11.5. The lowest BCUT2D eigenvalue weighted by atomic mass is 10.2. The summed E-state index contributed by atoms with van der Waals surface area (Å²) in [6.45, 7) is 0. The van der Waals surface area contributed by atoms with Crippen molar-refractivity contribution in [2.75, 3.05) is 23.9 Å². The van der Waals surface area contributed by atoms with Crippen LogP contribution in [0.2, 0.25) is 5.02 Å². The molecule has 10 heteroatoms. The van der Waals surface area contributed by atoms with Gasteiger partial charge in [0.25, 0.3) is 5.69 Å². The Kier molecular flexibility index (Phi) is 4.88. The second-order valence-electron chi connectivity index (χ2n) is 5.02. The molecule has 22 heavy (non-hydrogen) atoms. The first-order valence-corrected chi connectivity index (χ1v) is 8.98. The molecule has 1 aromatic carbocycles. The van der Waals surface area contributed by atoms with Crippen molar-refractivity contribution in [3.63, 3.8) is 0 Å². The van der Waals surface area contributed by atoms with E-state index in [0.29, 0.717) is 17.1 Å². The maximum Gasteiger partial charge on any atom is 0.271 e. The summed E-state index contributed by atoms with van der Waals surface area (Å²) in [5.74, 6) is 0.191. The minimum absolute atomic E-state index is 0.0496. The van der Waals surface area contributed by atoms with Crippen molar-refractivity contribution in [2.45, 2.75) is 12.5 Å². The maximum atomic E-state index is 11.5. The summed E-state index contributed by atoms with van der Waals surface area (Å²) < 4.78 is 23.0. The van der Waals surface area contributed by atoms with Crippen molar-refractivity contribution in [3.05, 3.63) is 33.3 Å². The Balaban J connectivity index is 2.12. The highest BCUT2D eigenvalue weighted by Crippen LogP contribution is 2.27. The molecule has 0 unspecified atom stereocenters. The van der Waals surface area contributed by atoms with Crippen molar-refractivity contribution < 1.29 is 13.3 Å². The number of non-ortho nitro benzene ring substituents is 1. The molecule has 0 bridgehead atoms. The Hall–Kier alpha value is -1.45. The van der Waals surface area contributed by atoms with E-state index in [1.54, 1.807) is 11.9 Å². The summed E-state index contributed by atoms with van der Waals surface area (Å²) in [6.07, 6.45) is 0.503. The van der Waals surface area contributed by atoms with Crippen molar-refractivity contribution in [2.24, 2.45) is 0 Å². The van der Waals surface area contributed by atoms with Crippen molar-refractivity contribution in [1.29, 1.82) is 0 Å². The zero-order valence-corrected chi connectivity index (χ0v) is 14.0. The lowest BCUT2D eigenvalue weighted by molar-refractivity contribution is -0.384. The molecule has 1 aliphatic heterocycles. The van der Waals surface area contributed by atoms with Crippen molar-refractivity contribution in [3.8, 4) is 0 Å². The molecule has 0 aliphatic carbocycles. The second-order valence-corrected chi connectivity index (χ2v) is 8.04. The van der Waals surface area contributed by atoms with Crippen LogP contribution in [-0.2, 0) is 9.84 Å². The van der Waals surface area contributed by atoms with Crippen LogP contribution >= 0.6 is 23.8 Å². The van der Waals surface area contributed by atoms with Gasteiger partial charge in [-0.05, 0) is 24.7 Å². The molecule has 1 aromatic rings. The molecule has 7 nitrogen and oxygen atoms in total. The van der Waals surface area contributed by atoms with Crippen LogP contribution in [0.3, 0.4) is 0 Å². The fraction of sp³-hybridized carbons (Fsp3) is 0.417. The van der Waals surface area contributed by atoms with Gasteiger partial charge in [0, 0.05) is 25.2 Å². The molecule has 1 saturated heterocycles. The van der Waals surface area contributed by atoms with Crippen LogP contribution in [0.25, 0.3) is 0 Å². The zero-order chi connectivity index (χ0) is 16.5. The Morgan fingerprint density at radius 1 is 1.55 bits per heavy atom. The van der Waals surface area contributed by atoms with E-state index in [1.165, 1.54) is 18.2 Å². The van der Waals surface area contributed by atoms with Crippen LogP contribution in [0.15, 0.2) is 18.2 Å². The summed E-state index contributed by atoms with van der Waals surface area (Å²) in [7, 11) is -1.33. The third-order valence-corrected chi connectivity index (χ3v) is 5.95. The minimum Gasteiger partial charge on any atom is -0.348 e. The van der Waals surface area contributed by atoms with Crippen LogP contribution in [0, 0.1) is 10.1 Å². The van der Waals surface area contributed by atoms with Gasteiger partial charge in [-0.1, -0.05) is 11.6 Å². The predicted molar refractivity (Wildman–Crippen MR) is 89.1 cm³/mol. The van der Waals surface area contributed by atoms with E-state index in [0.717, 1.165) is 0 Å². The van der Waals surface area contributed by atoms with E-state index in [2.05, 4.69) is 5.32 Å². The first-order chi connectivity index (χ1) is 10.2. The third-order valence-electron chi connectivity index (χ3n) is 3.48. The first-order valence-electron chi connectivity index (χ1n) is 6.38. The van der Waals surface area contributed by atoms with E-state index < -0.39 is 14.8 Å². The summed E-state index contributed by atoms with van der Waals surface area (Å²) in [4.78, 5) is 11.9. The highest BCUT2D eigenvalue weighted by molar-refractivity contribution is 7.91. The molecule has 0 amide bonds. The van der Waals surface area contributed by atoms with Gasteiger partial charge in [0.1, 0.15) is 0 Å². The number of sulfone groups is 1. The number of hydrogen-bond acceptors (Lipinski definition) is 5. The van der Waals surface area contributed by atoms with Gasteiger partial charge >= 0.3 is 0 Å². The third kappa shape index (κ3) is 3.84. The summed E-state index contributed by atoms with van der Waals surface area (Å²) in [5.41, 5.74) is 0.203. The van der Waals surface area contributed by atoms with Crippen LogP contribution in [-0.4, -0.2) is 47.9 Å². The molecule has 2 rings (SSSR count). The smallest absolute Gasteiger partial charge is 0.271 e. The Labute approximate surface area is 138 Å². The molecule has 0 saturated carbocycles. The zero-order valence-electron chi connectivity index (χ0n) is 11.7. The van der Waals surface area contributed by atoms with Gasteiger partial charge in [0.05, 0.1) is 27.1 Å². The van der Waals surface area contributed by atoms with E-state index in [4.69, 9.17) is 23.8 Å². The second kappa shape index (κ2) is 6.35. The molecular weight excluding hydrogens is 350 g/mol. The molecule has 1 heterocycles.